The first kappa shape index (κ1) is 36.0. The van der Waals surface area contributed by atoms with Crippen LogP contribution in [-0.4, -0.2) is 35.5 Å². The lowest BCUT2D eigenvalue weighted by Crippen LogP contribution is -2.39. The van der Waals surface area contributed by atoms with Crippen LogP contribution in [0.1, 0.15) is 139 Å². The summed E-state index contributed by atoms with van der Waals surface area (Å²) in [5, 5.41) is 23.9. The van der Waals surface area contributed by atoms with Crippen LogP contribution in [0.15, 0.2) is 59.6 Å². The molecule has 0 heterocycles. The van der Waals surface area contributed by atoms with Gasteiger partial charge < -0.3 is 14.9 Å². The lowest BCUT2D eigenvalue weighted by Gasteiger charge is -2.38. The fourth-order valence-electron chi connectivity index (χ4n) is 5.28. The fraction of sp³-hybridized carbons (Fsp3) is 0.500. The topological polar surface area (TPSA) is 79.1 Å². The van der Waals surface area contributed by atoms with Gasteiger partial charge in [0.2, 0.25) is 0 Å². The molecular weight excluding hydrogens is 558 g/mol. The van der Waals surface area contributed by atoms with Gasteiger partial charge >= 0.3 is 5.97 Å². The molecule has 0 radical (unpaired) electrons. The van der Waals surface area contributed by atoms with Crippen molar-refractivity contribution in [2.45, 2.75) is 123 Å². The average Bonchev–Trinajstić information content (AvgIpc) is 2.93. The van der Waals surface area contributed by atoms with Crippen molar-refractivity contribution in [3.63, 3.8) is 0 Å². The second-order valence-corrected chi connectivity index (χ2v) is 16.6. The maximum absolute atomic E-state index is 13.3. The highest BCUT2D eigenvalue weighted by atomic mass is 16.5. The molecular formula is C40H55NO4. The van der Waals surface area contributed by atoms with Crippen molar-refractivity contribution in [3.8, 4) is 5.75 Å². The minimum absolute atomic E-state index is 0.0170. The van der Waals surface area contributed by atoms with Crippen LogP contribution >= 0.6 is 0 Å². The Hall–Kier alpha value is -3.44. The van der Waals surface area contributed by atoms with Crippen LogP contribution in [0.25, 0.3) is 0 Å². The largest absolute Gasteiger partial charge is 0.507 e. The number of rotatable bonds is 6. The Morgan fingerprint density at radius 2 is 1.02 bits per heavy atom. The minimum atomic E-state index is -1.53. The number of methoxy groups -OCH3 is 1. The summed E-state index contributed by atoms with van der Waals surface area (Å²) in [6.45, 7) is 28.2. The molecule has 3 aromatic rings. The highest BCUT2D eigenvalue weighted by Crippen LogP contribution is 2.42. The third-order valence-corrected chi connectivity index (χ3v) is 8.70. The molecule has 0 aromatic heterocycles. The number of carbonyl (C=O) groups is 1. The van der Waals surface area contributed by atoms with Crippen molar-refractivity contribution in [2.75, 3.05) is 7.11 Å². The molecule has 0 fully saturated rings. The van der Waals surface area contributed by atoms with E-state index in [9.17, 15) is 15.0 Å². The number of carbonyl (C=O) groups excluding carboxylic acids is 1. The van der Waals surface area contributed by atoms with Gasteiger partial charge in [0.1, 0.15) is 11.4 Å². The maximum atomic E-state index is 13.3. The smallest absolute Gasteiger partial charge is 0.337 e. The van der Waals surface area contributed by atoms with E-state index in [0.717, 1.165) is 33.4 Å². The molecule has 0 aliphatic rings. The summed E-state index contributed by atoms with van der Waals surface area (Å²) in [6, 6.07) is 16.8. The quantitative estimate of drug-likeness (QED) is 0.215. The Kier molecular flexibility index (Phi) is 9.93. The van der Waals surface area contributed by atoms with Crippen LogP contribution in [0, 0.1) is 0 Å². The molecule has 0 spiro atoms. The van der Waals surface area contributed by atoms with Gasteiger partial charge in [-0.2, -0.15) is 0 Å². The number of nitrogens with zero attached hydrogens (tertiary/aromatic N) is 1. The van der Waals surface area contributed by atoms with Gasteiger partial charge in [-0.3, -0.25) is 4.99 Å². The Morgan fingerprint density at radius 1 is 0.667 bits per heavy atom. The average molecular weight is 614 g/mol. The molecule has 5 heteroatoms. The molecule has 3 aromatic carbocycles. The van der Waals surface area contributed by atoms with Crippen molar-refractivity contribution >= 4 is 12.2 Å². The molecule has 45 heavy (non-hydrogen) atoms. The van der Waals surface area contributed by atoms with Gasteiger partial charge in [0.05, 0.1) is 18.7 Å². The number of esters is 1. The zero-order valence-corrected chi connectivity index (χ0v) is 30.0. The number of ether oxygens (including phenoxy) is 1. The number of aromatic hydroxyl groups is 1. The van der Waals surface area contributed by atoms with E-state index in [4.69, 9.17) is 9.73 Å². The number of hydrogen-bond acceptors (Lipinski definition) is 5. The minimum Gasteiger partial charge on any atom is -0.507 e. The molecule has 0 saturated heterocycles. The zero-order chi connectivity index (χ0) is 34.3. The van der Waals surface area contributed by atoms with Crippen LogP contribution < -0.4 is 0 Å². The van der Waals surface area contributed by atoms with Crippen molar-refractivity contribution in [1.29, 1.82) is 0 Å². The van der Waals surface area contributed by atoms with Gasteiger partial charge in [-0.05, 0) is 80.2 Å². The van der Waals surface area contributed by atoms with E-state index in [1.165, 1.54) is 25.5 Å². The standard InChI is InChI=1S/C40H55NO4/c1-25(41-24-27-17-26(35(43)45-14)15-16-34(27)42)40(44,32-20-28(36(2,3)4)18-29(21-32)37(5,6)7)33-22-30(38(8,9)10)19-31(23-33)39(11,12)13/h15-25,42,44H,1-14H3. The number of phenols is 1. The van der Waals surface area contributed by atoms with Crippen LogP contribution in [-0.2, 0) is 32.0 Å². The van der Waals surface area contributed by atoms with Gasteiger partial charge in [-0.1, -0.05) is 119 Å². The molecule has 0 bridgehead atoms. The molecule has 0 saturated carbocycles. The molecule has 1 atom stereocenters. The summed E-state index contributed by atoms with van der Waals surface area (Å²) in [5.74, 6) is -0.520. The van der Waals surface area contributed by atoms with Gasteiger partial charge in [-0.25, -0.2) is 4.79 Å². The number of phenolic OH excluding ortho intramolecular Hbond substituents is 1. The predicted octanol–water partition coefficient (Wildman–Crippen LogP) is 9.11. The summed E-state index contributed by atoms with van der Waals surface area (Å²) in [5.41, 5.74) is 4.56. The van der Waals surface area contributed by atoms with Crippen molar-refractivity contribution in [2.24, 2.45) is 4.99 Å². The van der Waals surface area contributed by atoms with E-state index in [1.807, 2.05) is 6.92 Å². The first-order valence-corrected chi connectivity index (χ1v) is 15.9. The summed E-state index contributed by atoms with van der Waals surface area (Å²) in [4.78, 5) is 17.1. The molecule has 3 rings (SSSR count). The van der Waals surface area contributed by atoms with Crippen LogP contribution in [0.4, 0.5) is 0 Å². The lowest BCUT2D eigenvalue weighted by molar-refractivity contribution is 0.0582. The third-order valence-electron chi connectivity index (χ3n) is 8.70. The second-order valence-electron chi connectivity index (χ2n) is 16.6. The highest BCUT2D eigenvalue weighted by molar-refractivity contribution is 5.93. The maximum Gasteiger partial charge on any atom is 0.337 e. The molecule has 5 nitrogen and oxygen atoms in total. The van der Waals surface area contributed by atoms with Gasteiger partial charge in [0.15, 0.2) is 0 Å². The van der Waals surface area contributed by atoms with Crippen LogP contribution in [0.5, 0.6) is 5.75 Å². The summed E-state index contributed by atoms with van der Waals surface area (Å²) < 4.78 is 4.88. The number of hydrogen-bond donors (Lipinski definition) is 2. The molecule has 0 amide bonds. The van der Waals surface area contributed by atoms with Gasteiger partial charge in [-0.15, -0.1) is 0 Å². The number of aliphatic hydroxyl groups is 1. The predicted molar refractivity (Wildman–Crippen MR) is 187 cm³/mol. The first-order valence-electron chi connectivity index (χ1n) is 15.9. The zero-order valence-electron chi connectivity index (χ0n) is 30.0. The van der Waals surface area contributed by atoms with Crippen molar-refractivity contribution < 1.29 is 19.7 Å². The Labute approximate surface area is 271 Å². The van der Waals surface area contributed by atoms with E-state index in [1.54, 1.807) is 6.07 Å². The van der Waals surface area contributed by atoms with E-state index in [2.05, 4.69) is 119 Å². The molecule has 0 aliphatic heterocycles. The highest BCUT2D eigenvalue weighted by Gasteiger charge is 2.41. The molecule has 2 N–H and O–H groups in total. The van der Waals surface area contributed by atoms with Gasteiger partial charge in [0, 0.05) is 11.8 Å². The Bertz CT molecular complexity index is 1430. The number of aliphatic imine (C=N–C) groups is 1. The number of benzene rings is 3. The summed E-state index contributed by atoms with van der Waals surface area (Å²) in [6.07, 6.45) is 1.54. The monoisotopic (exact) mass is 613 g/mol. The Morgan fingerprint density at radius 3 is 1.36 bits per heavy atom. The van der Waals surface area contributed by atoms with Crippen LogP contribution in [0.2, 0.25) is 0 Å². The van der Waals surface area contributed by atoms with E-state index in [-0.39, 0.29) is 27.4 Å². The van der Waals surface area contributed by atoms with Crippen molar-refractivity contribution in [1.82, 2.24) is 0 Å². The van der Waals surface area contributed by atoms with Crippen LogP contribution in [0.3, 0.4) is 0 Å². The fourth-order valence-corrected chi connectivity index (χ4v) is 5.28. The first-order chi connectivity index (χ1) is 20.4. The molecule has 0 aliphatic carbocycles. The summed E-state index contributed by atoms with van der Waals surface area (Å²) >= 11 is 0. The third kappa shape index (κ3) is 8.05. The SMILES string of the molecule is COC(=O)c1ccc(O)c(C=NC(C)C(O)(c2cc(C(C)(C)C)cc(C(C)(C)C)c2)c2cc(C(C)(C)C)cc(C(C)(C)C)c2)c1. The molecule has 1 unspecified atom stereocenters. The normalized spacial score (nSPS) is 14.1. The van der Waals surface area contributed by atoms with E-state index in [0.29, 0.717) is 11.1 Å². The van der Waals surface area contributed by atoms with E-state index >= 15 is 0 Å². The second kappa shape index (κ2) is 12.4. The van der Waals surface area contributed by atoms with E-state index < -0.39 is 17.6 Å². The summed E-state index contributed by atoms with van der Waals surface area (Å²) in [7, 11) is 1.32. The Balaban J connectivity index is 2.42. The van der Waals surface area contributed by atoms with Gasteiger partial charge in [0.25, 0.3) is 0 Å². The lowest BCUT2D eigenvalue weighted by atomic mass is 9.71. The van der Waals surface area contributed by atoms with Crippen molar-refractivity contribution in [3.05, 3.63) is 99.1 Å². The molecule has 244 valence electrons.